The van der Waals surface area contributed by atoms with Crippen molar-refractivity contribution >= 4 is 63.9 Å². The minimum atomic E-state index is -4.96. The lowest BCUT2D eigenvalue weighted by molar-refractivity contribution is 0.472. The van der Waals surface area contributed by atoms with E-state index in [0.717, 1.165) is 46.5 Å². The van der Waals surface area contributed by atoms with E-state index in [1.165, 1.54) is 24.3 Å². The van der Waals surface area contributed by atoms with E-state index in [-0.39, 0.29) is 21.4 Å². The van der Waals surface area contributed by atoms with Gasteiger partial charge in [0.1, 0.15) is 21.2 Å². The molecule has 17 heteroatoms. The molecule has 0 amide bonds. The summed E-state index contributed by atoms with van der Waals surface area (Å²) in [6.07, 6.45) is 0. The standard InChI is InChI=1S/C36H28N4O10S3/c1-22-18-26(38-37-25-8-12-28(13-9-25)50-53(48,49)29-6-4-3-5-7-29)10-15-31(22)32-16-11-27(19-23(32)2)39-40-35-34(52(45,46)47)21-24-20-30(51(42,43)44)14-17-33(24)36(35)41/h3-21,41H,1-2H3,(H,42,43,44)(H,45,46,47). The summed E-state index contributed by atoms with van der Waals surface area (Å²) in [6, 6.07) is 28.6. The third-order valence-corrected chi connectivity index (χ3v) is 10.9. The maximum atomic E-state index is 12.5. The highest BCUT2D eigenvalue weighted by molar-refractivity contribution is 7.87. The van der Waals surface area contributed by atoms with E-state index < -0.39 is 51.6 Å². The molecule has 6 aromatic rings. The molecule has 0 aromatic heterocycles. The fraction of sp³-hybridized carbons (Fsp3) is 0.0556. The average molecular weight is 773 g/mol. The van der Waals surface area contributed by atoms with E-state index in [0.29, 0.717) is 17.1 Å². The second kappa shape index (κ2) is 14.3. The second-order valence-electron chi connectivity index (χ2n) is 11.6. The summed E-state index contributed by atoms with van der Waals surface area (Å²) in [5.74, 6) is -0.549. The second-order valence-corrected chi connectivity index (χ2v) is 16.0. The Morgan fingerprint density at radius 1 is 0.547 bits per heavy atom. The largest absolute Gasteiger partial charge is 0.505 e. The molecule has 0 unspecified atom stereocenters. The van der Waals surface area contributed by atoms with Gasteiger partial charge < -0.3 is 9.29 Å². The molecule has 270 valence electrons. The first kappa shape index (κ1) is 36.9. The van der Waals surface area contributed by atoms with Gasteiger partial charge in [0.2, 0.25) is 0 Å². The lowest BCUT2D eigenvalue weighted by Crippen LogP contribution is -2.09. The number of phenolic OH excluding ortho intramolecular Hbond substituents is 1. The highest BCUT2D eigenvalue weighted by atomic mass is 32.2. The number of hydrogen-bond donors (Lipinski definition) is 3. The predicted molar refractivity (Wildman–Crippen MR) is 196 cm³/mol. The van der Waals surface area contributed by atoms with E-state index in [2.05, 4.69) is 20.5 Å². The molecule has 0 saturated carbocycles. The predicted octanol–water partition coefficient (Wildman–Crippen LogP) is 8.92. The molecule has 0 aliphatic carbocycles. The van der Waals surface area contributed by atoms with Crippen molar-refractivity contribution in [2.24, 2.45) is 20.5 Å². The molecular weight excluding hydrogens is 745 g/mol. The minimum absolute atomic E-state index is 0.00315. The highest BCUT2D eigenvalue weighted by Crippen LogP contribution is 2.42. The van der Waals surface area contributed by atoms with Crippen LogP contribution in [0.3, 0.4) is 0 Å². The molecule has 0 aliphatic heterocycles. The van der Waals surface area contributed by atoms with Gasteiger partial charge in [-0.05, 0) is 126 Å². The summed E-state index contributed by atoms with van der Waals surface area (Å²) in [4.78, 5) is -1.32. The lowest BCUT2D eigenvalue weighted by atomic mass is 9.96. The van der Waals surface area contributed by atoms with Crippen molar-refractivity contribution in [3.05, 3.63) is 126 Å². The van der Waals surface area contributed by atoms with Crippen molar-refractivity contribution in [3.63, 3.8) is 0 Å². The molecule has 6 aromatic carbocycles. The molecule has 14 nitrogen and oxygen atoms in total. The van der Waals surface area contributed by atoms with Crippen LogP contribution >= 0.6 is 0 Å². The summed E-state index contributed by atoms with van der Waals surface area (Å²) >= 11 is 0. The molecule has 0 fully saturated rings. The van der Waals surface area contributed by atoms with Gasteiger partial charge in [-0.25, -0.2) is 0 Å². The third-order valence-electron chi connectivity index (χ3n) is 7.93. The first-order chi connectivity index (χ1) is 25.0. The third kappa shape index (κ3) is 8.29. The van der Waals surface area contributed by atoms with Crippen LogP contribution in [0, 0.1) is 13.8 Å². The van der Waals surface area contributed by atoms with Crippen LogP contribution in [0.4, 0.5) is 22.7 Å². The van der Waals surface area contributed by atoms with Gasteiger partial charge in [0, 0.05) is 5.39 Å². The van der Waals surface area contributed by atoms with Crippen LogP contribution in [-0.2, 0) is 30.4 Å². The van der Waals surface area contributed by atoms with Gasteiger partial charge in [-0.2, -0.15) is 40.6 Å². The van der Waals surface area contributed by atoms with Crippen LogP contribution in [0.2, 0.25) is 0 Å². The SMILES string of the molecule is Cc1cc(N=Nc2ccc(OS(=O)(=O)c3ccccc3)cc2)ccc1-c1ccc(N=Nc2c(S(=O)(=O)O)cc3cc(S(=O)(=O)O)ccc3c2O)cc1C. The highest BCUT2D eigenvalue weighted by Gasteiger charge is 2.23. The maximum absolute atomic E-state index is 12.5. The number of aryl methyl sites for hydroxylation is 2. The van der Waals surface area contributed by atoms with Gasteiger partial charge in [0.05, 0.1) is 22.0 Å². The zero-order valence-corrected chi connectivity index (χ0v) is 30.1. The number of aromatic hydroxyl groups is 1. The smallest absolute Gasteiger partial charge is 0.339 e. The quantitative estimate of drug-likeness (QED) is 0.0681. The fourth-order valence-corrected chi connectivity index (χ4v) is 7.49. The number of rotatable bonds is 10. The van der Waals surface area contributed by atoms with Crippen molar-refractivity contribution in [2.45, 2.75) is 28.5 Å². The summed E-state index contributed by atoms with van der Waals surface area (Å²) in [5.41, 5.74) is 4.18. The van der Waals surface area contributed by atoms with Crippen molar-refractivity contribution in [1.82, 2.24) is 0 Å². The minimum Gasteiger partial charge on any atom is -0.505 e. The number of fused-ring (bicyclic) bond motifs is 1. The van der Waals surface area contributed by atoms with Crippen molar-refractivity contribution in [3.8, 4) is 22.6 Å². The number of phenols is 1. The Morgan fingerprint density at radius 3 is 1.64 bits per heavy atom. The topological polar surface area (TPSA) is 222 Å². The van der Waals surface area contributed by atoms with Crippen molar-refractivity contribution < 1.29 is 43.6 Å². The van der Waals surface area contributed by atoms with Gasteiger partial charge in [-0.1, -0.05) is 30.3 Å². The number of hydrogen-bond acceptors (Lipinski definition) is 12. The molecule has 0 saturated heterocycles. The van der Waals surface area contributed by atoms with Crippen LogP contribution in [0.1, 0.15) is 11.1 Å². The Kier molecular flexibility index (Phi) is 9.95. The zero-order valence-electron chi connectivity index (χ0n) is 27.7. The molecule has 0 aliphatic rings. The van der Waals surface area contributed by atoms with Crippen LogP contribution in [0.25, 0.3) is 21.9 Å². The molecule has 0 spiro atoms. The number of nitrogens with zero attached hydrogens (tertiary/aromatic N) is 4. The fourth-order valence-electron chi connectivity index (χ4n) is 5.36. The molecule has 53 heavy (non-hydrogen) atoms. The van der Waals surface area contributed by atoms with E-state index in [1.807, 2.05) is 26.0 Å². The number of benzene rings is 6. The molecule has 6 rings (SSSR count). The Bertz CT molecular complexity index is 2790. The monoisotopic (exact) mass is 772 g/mol. The molecule has 0 atom stereocenters. The molecule has 3 N–H and O–H groups in total. The maximum Gasteiger partial charge on any atom is 0.339 e. The lowest BCUT2D eigenvalue weighted by Gasteiger charge is -2.11. The van der Waals surface area contributed by atoms with Crippen molar-refractivity contribution in [1.29, 1.82) is 0 Å². The van der Waals surface area contributed by atoms with E-state index in [9.17, 15) is 39.5 Å². The molecule has 0 heterocycles. The van der Waals surface area contributed by atoms with Gasteiger partial charge in [0.15, 0.2) is 5.75 Å². The van der Waals surface area contributed by atoms with E-state index in [1.54, 1.807) is 54.6 Å². The number of azo groups is 2. The van der Waals surface area contributed by atoms with Gasteiger partial charge in [-0.3, -0.25) is 9.11 Å². The first-order valence-electron chi connectivity index (χ1n) is 15.4. The molecule has 0 bridgehead atoms. The summed E-state index contributed by atoms with van der Waals surface area (Å²) < 4.78 is 96.9. The Balaban J connectivity index is 1.20. The van der Waals surface area contributed by atoms with Crippen molar-refractivity contribution in [2.75, 3.05) is 0 Å². The zero-order chi connectivity index (χ0) is 38.1. The molecular formula is C36H28N4O10S3. The van der Waals surface area contributed by atoms with Crippen LogP contribution in [0.15, 0.2) is 150 Å². The van der Waals surface area contributed by atoms with Gasteiger partial charge >= 0.3 is 10.1 Å². The summed E-state index contributed by atoms with van der Waals surface area (Å²) in [6.45, 7) is 3.74. The van der Waals surface area contributed by atoms with Gasteiger partial charge in [0.25, 0.3) is 20.2 Å². The first-order valence-corrected chi connectivity index (χ1v) is 19.7. The normalized spacial score (nSPS) is 12.5. The van der Waals surface area contributed by atoms with E-state index >= 15 is 0 Å². The average Bonchev–Trinajstić information content (AvgIpc) is 3.10. The Morgan fingerprint density at radius 2 is 1.09 bits per heavy atom. The molecule has 0 radical (unpaired) electrons. The van der Waals surface area contributed by atoms with Crippen LogP contribution in [-0.4, -0.2) is 39.5 Å². The Labute approximate surface area is 304 Å². The van der Waals surface area contributed by atoms with E-state index in [4.69, 9.17) is 4.18 Å². The van der Waals surface area contributed by atoms with Gasteiger partial charge in [-0.15, -0.1) is 5.11 Å². The summed E-state index contributed by atoms with van der Waals surface area (Å²) in [7, 11) is -13.6. The Hall–Kier alpha value is -5.85. The summed E-state index contributed by atoms with van der Waals surface area (Å²) in [5, 5.41) is 27.3. The van der Waals surface area contributed by atoms with Crippen LogP contribution in [0.5, 0.6) is 11.5 Å². The van der Waals surface area contributed by atoms with Crippen LogP contribution < -0.4 is 4.18 Å².